The van der Waals surface area contributed by atoms with Gasteiger partial charge in [0, 0.05) is 21.0 Å². The van der Waals surface area contributed by atoms with Crippen molar-refractivity contribution in [1.82, 2.24) is 4.90 Å². The number of carbonyl (C=O) groups is 3. The van der Waals surface area contributed by atoms with Crippen LogP contribution in [0.15, 0.2) is 0 Å². The van der Waals surface area contributed by atoms with Gasteiger partial charge in [0.25, 0.3) is 0 Å². The number of carbonyl (C=O) groups excluding carboxylic acids is 3. The quantitative estimate of drug-likeness (QED) is 0.648. The number of nitrogens with zero attached hydrogens (tertiary/aromatic N) is 1. The van der Waals surface area contributed by atoms with Crippen LogP contribution in [0.25, 0.3) is 0 Å². The fourth-order valence-corrected chi connectivity index (χ4v) is 0. The number of hydrogen-bond acceptors (Lipinski definition) is 3. The number of amides is 1. The maximum Gasteiger partial charge on any atom is 0.218 e. The molecule has 4 heteroatoms. The van der Waals surface area contributed by atoms with Gasteiger partial charge in [-0.15, -0.1) is 0 Å². The Morgan fingerprint density at radius 1 is 0.688 bits per heavy atom. The second-order valence-corrected chi connectivity index (χ2v) is 3.23. The van der Waals surface area contributed by atoms with Gasteiger partial charge in [-0.2, -0.15) is 0 Å². The van der Waals surface area contributed by atoms with Crippen LogP contribution in [0.4, 0.5) is 0 Å². The van der Waals surface area contributed by atoms with E-state index in [0.29, 0.717) is 0 Å². The summed E-state index contributed by atoms with van der Waals surface area (Å²) in [6.45, 7) is 7.64. The molecule has 0 unspecified atom stereocenters. The second-order valence-electron chi connectivity index (χ2n) is 3.23. The highest BCUT2D eigenvalue weighted by Crippen LogP contribution is 1.69. The van der Waals surface area contributed by atoms with Gasteiger partial charge in [0.2, 0.25) is 5.91 Å². The first-order valence-electron chi connectivity index (χ1n) is 4.23. The molecular formula is C12H29NO3. The Labute approximate surface area is 101 Å². The van der Waals surface area contributed by atoms with Crippen molar-refractivity contribution in [3.05, 3.63) is 0 Å². The molecule has 0 saturated heterocycles. The molecule has 1 amide bonds. The summed E-state index contributed by atoms with van der Waals surface area (Å²) in [7, 11) is 3.45. The van der Waals surface area contributed by atoms with Gasteiger partial charge in [-0.25, -0.2) is 0 Å². The first-order chi connectivity index (χ1) is 6.11. The summed E-state index contributed by atoms with van der Waals surface area (Å²) in [6, 6.07) is 0. The molecule has 0 aliphatic heterocycles. The Kier molecular flexibility index (Phi) is 35.6. The van der Waals surface area contributed by atoms with Gasteiger partial charge in [-0.3, -0.25) is 4.79 Å². The van der Waals surface area contributed by atoms with E-state index in [2.05, 4.69) is 0 Å². The van der Waals surface area contributed by atoms with E-state index in [1.54, 1.807) is 14.1 Å². The minimum atomic E-state index is 0. The topological polar surface area (TPSA) is 54.5 Å². The van der Waals surface area contributed by atoms with Crippen LogP contribution in [0.1, 0.15) is 49.5 Å². The SMILES string of the molecule is C.C.CC(=O)N(C)C.CC(C)=O.CC(C)=O. The predicted molar refractivity (Wildman–Crippen MR) is 70.5 cm³/mol. The smallest absolute Gasteiger partial charge is 0.218 e. The Morgan fingerprint density at radius 3 is 0.750 bits per heavy atom. The summed E-state index contributed by atoms with van der Waals surface area (Å²) in [5.41, 5.74) is 0. The van der Waals surface area contributed by atoms with Gasteiger partial charge < -0.3 is 14.5 Å². The van der Waals surface area contributed by atoms with E-state index in [-0.39, 0.29) is 32.3 Å². The molecule has 0 aromatic carbocycles. The van der Waals surface area contributed by atoms with Crippen molar-refractivity contribution in [1.29, 1.82) is 0 Å². The Bertz CT molecular complexity index is 167. The average molecular weight is 235 g/mol. The van der Waals surface area contributed by atoms with Crippen molar-refractivity contribution in [3.63, 3.8) is 0 Å². The molecule has 0 atom stereocenters. The number of rotatable bonds is 0. The predicted octanol–water partition coefficient (Wildman–Crippen LogP) is 2.56. The molecule has 4 nitrogen and oxygen atoms in total. The van der Waals surface area contributed by atoms with Gasteiger partial charge in [-0.1, -0.05) is 14.9 Å². The minimum absolute atomic E-state index is 0. The van der Waals surface area contributed by atoms with Crippen molar-refractivity contribution >= 4 is 17.5 Å². The molecule has 0 N–H and O–H groups in total. The molecular weight excluding hydrogens is 206 g/mol. The van der Waals surface area contributed by atoms with Crippen molar-refractivity contribution < 1.29 is 14.4 Å². The van der Waals surface area contributed by atoms with Crippen LogP contribution >= 0.6 is 0 Å². The fraction of sp³-hybridized carbons (Fsp3) is 0.750. The molecule has 0 aromatic heterocycles. The summed E-state index contributed by atoms with van der Waals surface area (Å²) in [6.07, 6.45) is 0. The molecule has 0 bridgehead atoms. The third-order valence-electron chi connectivity index (χ3n) is 0.630. The summed E-state index contributed by atoms with van der Waals surface area (Å²) < 4.78 is 0. The van der Waals surface area contributed by atoms with Crippen molar-refractivity contribution in [3.8, 4) is 0 Å². The summed E-state index contributed by atoms with van der Waals surface area (Å²) in [4.78, 5) is 30.5. The van der Waals surface area contributed by atoms with E-state index in [1.807, 2.05) is 0 Å². The first-order valence-corrected chi connectivity index (χ1v) is 4.23. The summed E-state index contributed by atoms with van der Waals surface area (Å²) in [5.74, 6) is 0.426. The van der Waals surface area contributed by atoms with E-state index in [9.17, 15) is 14.4 Å². The van der Waals surface area contributed by atoms with Crippen LogP contribution in [0, 0.1) is 0 Å². The highest BCUT2D eigenvalue weighted by atomic mass is 16.2. The van der Waals surface area contributed by atoms with Crippen LogP contribution in [-0.4, -0.2) is 36.5 Å². The Balaban J connectivity index is -0.0000000367. The zero-order valence-electron chi connectivity index (χ0n) is 10.2. The molecule has 0 radical (unpaired) electrons. The lowest BCUT2D eigenvalue weighted by Crippen LogP contribution is -2.17. The molecule has 0 aliphatic carbocycles. The lowest BCUT2D eigenvalue weighted by Gasteiger charge is -2.02. The van der Waals surface area contributed by atoms with Gasteiger partial charge in [0.15, 0.2) is 0 Å². The van der Waals surface area contributed by atoms with Crippen LogP contribution in [0.3, 0.4) is 0 Å². The van der Waals surface area contributed by atoms with E-state index >= 15 is 0 Å². The molecule has 16 heavy (non-hydrogen) atoms. The largest absolute Gasteiger partial charge is 0.349 e. The number of ketones is 2. The van der Waals surface area contributed by atoms with Crippen LogP contribution in [0.5, 0.6) is 0 Å². The molecule has 0 rings (SSSR count). The number of hydrogen-bond donors (Lipinski definition) is 0. The zero-order valence-corrected chi connectivity index (χ0v) is 10.2. The van der Waals surface area contributed by atoms with Crippen molar-refractivity contribution in [2.75, 3.05) is 14.1 Å². The van der Waals surface area contributed by atoms with Crippen molar-refractivity contribution in [2.45, 2.75) is 49.5 Å². The molecule has 0 spiro atoms. The number of Topliss-reactive ketones (excluding diaryl/α,β-unsaturated/α-hetero) is 2. The molecule has 0 fully saturated rings. The summed E-state index contributed by atoms with van der Waals surface area (Å²) in [5, 5.41) is 0. The highest BCUT2D eigenvalue weighted by Gasteiger charge is 1.87. The highest BCUT2D eigenvalue weighted by molar-refractivity contribution is 5.72. The average Bonchev–Trinajstić information content (AvgIpc) is 1.83. The zero-order chi connectivity index (χ0) is 12.3. The van der Waals surface area contributed by atoms with Gasteiger partial charge in [0.05, 0.1) is 0 Å². The van der Waals surface area contributed by atoms with Gasteiger partial charge in [0.1, 0.15) is 11.6 Å². The standard InChI is InChI=1S/C4H9NO.2C3H6O.2CH4/c1-4(6)5(2)3;2*1-3(2)4;;/h1-3H3;2*1-2H3;2*1H4. The lowest BCUT2D eigenvalue weighted by molar-refractivity contribution is -0.126. The second kappa shape index (κ2) is 19.4. The maximum atomic E-state index is 10.1. The molecule has 0 aromatic rings. The minimum Gasteiger partial charge on any atom is -0.349 e. The van der Waals surface area contributed by atoms with E-state index in [4.69, 9.17) is 0 Å². The van der Waals surface area contributed by atoms with Crippen molar-refractivity contribution in [2.24, 2.45) is 0 Å². The maximum absolute atomic E-state index is 10.1. The summed E-state index contributed by atoms with van der Waals surface area (Å²) >= 11 is 0. The van der Waals surface area contributed by atoms with E-state index < -0.39 is 0 Å². The Hall–Kier alpha value is -1.19. The van der Waals surface area contributed by atoms with E-state index in [0.717, 1.165) is 0 Å². The first kappa shape index (κ1) is 29.3. The lowest BCUT2D eigenvalue weighted by atomic mass is 10.6. The van der Waals surface area contributed by atoms with E-state index in [1.165, 1.54) is 39.5 Å². The Morgan fingerprint density at radius 2 is 0.750 bits per heavy atom. The van der Waals surface area contributed by atoms with Gasteiger partial charge in [-0.05, 0) is 27.7 Å². The third kappa shape index (κ3) is 226. The van der Waals surface area contributed by atoms with Gasteiger partial charge >= 0.3 is 0 Å². The normalized spacial score (nSPS) is 6.19. The van der Waals surface area contributed by atoms with Crippen LogP contribution in [0.2, 0.25) is 0 Å². The fourth-order valence-electron chi connectivity index (χ4n) is 0. The molecule has 100 valence electrons. The molecule has 0 aliphatic rings. The molecule has 0 saturated carbocycles. The monoisotopic (exact) mass is 235 g/mol. The van der Waals surface area contributed by atoms with Crippen LogP contribution < -0.4 is 0 Å². The van der Waals surface area contributed by atoms with Crippen LogP contribution in [-0.2, 0) is 14.4 Å². The third-order valence-corrected chi connectivity index (χ3v) is 0.630. The molecule has 0 heterocycles.